The summed E-state index contributed by atoms with van der Waals surface area (Å²) in [6, 6.07) is 8.17. The highest BCUT2D eigenvalue weighted by molar-refractivity contribution is 5.76. The maximum absolute atomic E-state index is 12.1. The van der Waals surface area contributed by atoms with E-state index in [1.165, 1.54) is 5.56 Å². The molecule has 0 aromatic heterocycles. The Morgan fingerprint density at radius 2 is 2.37 bits per heavy atom. The number of carbonyl (C=O) groups is 1. The molecule has 0 bridgehead atoms. The predicted octanol–water partition coefficient (Wildman–Crippen LogP) is 1.58. The number of ether oxygens (including phenoxy) is 1. The van der Waals surface area contributed by atoms with Gasteiger partial charge in [0.1, 0.15) is 5.75 Å². The molecule has 104 valence electrons. The highest BCUT2D eigenvalue weighted by Gasteiger charge is 2.22. The third kappa shape index (κ3) is 3.96. The van der Waals surface area contributed by atoms with Crippen molar-refractivity contribution in [3.05, 3.63) is 29.8 Å². The molecule has 1 heterocycles. The van der Waals surface area contributed by atoms with Crippen molar-refractivity contribution in [3.8, 4) is 5.75 Å². The molecule has 1 fully saturated rings. The predicted molar refractivity (Wildman–Crippen MR) is 75.3 cm³/mol. The lowest BCUT2D eigenvalue weighted by Crippen LogP contribution is -2.52. The van der Waals surface area contributed by atoms with Gasteiger partial charge in [-0.1, -0.05) is 12.1 Å². The molecular formula is C15H22N2O2. The van der Waals surface area contributed by atoms with Gasteiger partial charge in [-0.15, -0.1) is 0 Å². The van der Waals surface area contributed by atoms with Crippen LogP contribution in [0.25, 0.3) is 0 Å². The molecule has 1 aliphatic heterocycles. The molecule has 0 spiro atoms. The van der Waals surface area contributed by atoms with E-state index in [1.807, 2.05) is 36.1 Å². The van der Waals surface area contributed by atoms with Crippen LogP contribution < -0.4 is 10.1 Å². The van der Waals surface area contributed by atoms with Crippen LogP contribution in [0.5, 0.6) is 5.75 Å². The average molecular weight is 262 g/mol. The Labute approximate surface area is 114 Å². The van der Waals surface area contributed by atoms with Crippen molar-refractivity contribution in [2.45, 2.75) is 26.3 Å². The number of rotatable bonds is 4. The lowest BCUT2D eigenvalue weighted by molar-refractivity contribution is -0.134. The van der Waals surface area contributed by atoms with Crippen molar-refractivity contribution < 1.29 is 9.53 Å². The first-order valence-electron chi connectivity index (χ1n) is 6.86. The highest BCUT2D eigenvalue weighted by Crippen LogP contribution is 2.13. The highest BCUT2D eigenvalue weighted by atomic mass is 16.5. The van der Waals surface area contributed by atoms with E-state index >= 15 is 0 Å². The Kier molecular flexibility index (Phi) is 4.80. The van der Waals surface area contributed by atoms with Crippen LogP contribution in [0.2, 0.25) is 0 Å². The van der Waals surface area contributed by atoms with Crippen LogP contribution in [0, 0.1) is 6.92 Å². The van der Waals surface area contributed by atoms with Gasteiger partial charge in [0.2, 0.25) is 5.91 Å². The van der Waals surface area contributed by atoms with Gasteiger partial charge < -0.3 is 15.0 Å². The molecule has 1 saturated heterocycles. The second-order valence-electron chi connectivity index (χ2n) is 5.06. The molecular weight excluding hydrogens is 240 g/mol. The quantitative estimate of drug-likeness (QED) is 0.896. The number of nitrogens with zero attached hydrogens (tertiary/aromatic N) is 1. The zero-order valence-corrected chi connectivity index (χ0v) is 11.7. The third-order valence-electron chi connectivity index (χ3n) is 3.40. The number of carbonyl (C=O) groups excluding carboxylic acids is 1. The van der Waals surface area contributed by atoms with E-state index in [-0.39, 0.29) is 11.9 Å². The summed E-state index contributed by atoms with van der Waals surface area (Å²) < 4.78 is 5.62. The fourth-order valence-electron chi connectivity index (χ4n) is 2.32. The van der Waals surface area contributed by atoms with Crippen LogP contribution in [0.4, 0.5) is 0 Å². The number of benzene rings is 1. The maximum Gasteiger partial charge on any atom is 0.226 e. The number of amides is 1. The molecule has 0 unspecified atom stereocenters. The Bertz CT molecular complexity index is 434. The largest absolute Gasteiger partial charge is 0.493 e. The van der Waals surface area contributed by atoms with Crippen molar-refractivity contribution in [2.24, 2.45) is 0 Å². The first-order chi connectivity index (χ1) is 9.16. The van der Waals surface area contributed by atoms with Crippen LogP contribution in [0.1, 0.15) is 18.9 Å². The first-order valence-corrected chi connectivity index (χ1v) is 6.86. The average Bonchev–Trinajstić information content (AvgIpc) is 2.39. The second kappa shape index (κ2) is 6.57. The van der Waals surface area contributed by atoms with Crippen LogP contribution in [-0.2, 0) is 4.79 Å². The zero-order valence-electron chi connectivity index (χ0n) is 11.7. The maximum atomic E-state index is 12.1. The van der Waals surface area contributed by atoms with Gasteiger partial charge in [-0.25, -0.2) is 0 Å². The molecule has 0 aliphatic carbocycles. The lowest BCUT2D eigenvalue weighted by Gasteiger charge is -2.34. The lowest BCUT2D eigenvalue weighted by atomic mass is 10.2. The molecule has 1 atom stereocenters. The SMILES string of the molecule is Cc1cccc(OCCC(=O)N2CCNC[C@H]2C)c1. The summed E-state index contributed by atoms with van der Waals surface area (Å²) in [5.41, 5.74) is 1.17. The molecule has 4 heteroatoms. The Balaban J connectivity index is 1.77. The van der Waals surface area contributed by atoms with Gasteiger partial charge in [-0.05, 0) is 31.5 Å². The molecule has 1 N–H and O–H groups in total. The number of hydrogen-bond donors (Lipinski definition) is 1. The summed E-state index contributed by atoms with van der Waals surface area (Å²) in [4.78, 5) is 14.0. The van der Waals surface area contributed by atoms with Gasteiger partial charge in [0, 0.05) is 25.7 Å². The minimum absolute atomic E-state index is 0.182. The molecule has 1 aromatic carbocycles. The molecule has 1 aromatic rings. The van der Waals surface area contributed by atoms with Gasteiger partial charge in [0.25, 0.3) is 0 Å². The van der Waals surface area contributed by atoms with E-state index in [4.69, 9.17) is 4.74 Å². The van der Waals surface area contributed by atoms with E-state index in [9.17, 15) is 4.79 Å². The number of nitrogens with one attached hydrogen (secondary N) is 1. The summed E-state index contributed by atoms with van der Waals surface area (Å²) in [6.45, 7) is 7.11. The topological polar surface area (TPSA) is 41.6 Å². The van der Waals surface area contributed by atoms with Crippen molar-refractivity contribution in [2.75, 3.05) is 26.2 Å². The zero-order chi connectivity index (χ0) is 13.7. The fraction of sp³-hybridized carbons (Fsp3) is 0.533. The third-order valence-corrected chi connectivity index (χ3v) is 3.40. The summed E-state index contributed by atoms with van der Waals surface area (Å²) in [5, 5.41) is 3.28. The van der Waals surface area contributed by atoms with E-state index in [2.05, 4.69) is 12.2 Å². The Hall–Kier alpha value is -1.55. The summed E-state index contributed by atoms with van der Waals surface area (Å²) in [5.74, 6) is 1.02. The summed E-state index contributed by atoms with van der Waals surface area (Å²) >= 11 is 0. The molecule has 1 aliphatic rings. The number of piperazine rings is 1. The van der Waals surface area contributed by atoms with Crippen molar-refractivity contribution in [3.63, 3.8) is 0 Å². The van der Waals surface area contributed by atoms with Gasteiger partial charge in [-0.2, -0.15) is 0 Å². The Morgan fingerprint density at radius 3 is 3.11 bits per heavy atom. The smallest absolute Gasteiger partial charge is 0.226 e. The van der Waals surface area contributed by atoms with Gasteiger partial charge >= 0.3 is 0 Å². The molecule has 0 radical (unpaired) electrons. The standard InChI is InChI=1S/C15H22N2O2/c1-12-4-3-5-14(10-12)19-9-6-15(18)17-8-7-16-11-13(17)2/h3-5,10,13,16H,6-9,11H2,1-2H3/t13-/m1/s1. The van der Waals surface area contributed by atoms with Gasteiger partial charge in [0.15, 0.2) is 0 Å². The molecule has 4 nitrogen and oxygen atoms in total. The van der Waals surface area contributed by atoms with Crippen molar-refractivity contribution in [1.82, 2.24) is 10.2 Å². The van der Waals surface area contributed by atoms with Crippen molar-refractivity contribution >= 4 is 5.91 Å². The molecule has 0 saturated carbocycles. The molecule has 2 rings (SSSR count). The van der Waals surface area contributed by atoms with Gasteiger partial charge in [-0.3, -0.25) is 4.79 Å². The second-order valence-corrected chi connectivity index (χ2v) is 5.06. The molecule has 19 heavy (non-hydrogen) atoms. The van der Waals surface area contributed by atoms with Crippen LogP contribution in [-0.4, -0.2) is 43.1 Å². The van der Waals surface area contributed by atoms with E-state index in [1.54, 1.807) is 0 Å². The summed E-state index contributed by atoms with van der Waals surface area (Å²) in [7, 11) is 0. The van der Waals surface area contributed by atoms with Gasteiger partial charge in [0.05, 0.1) is 13.0 Å². The monoisotopic (exact) mass is 262 g/mol. The van der Waals surface area contributed by atoms with E-state index in [0.717, 1.165) is 25.4 Å². The summed E-state index contributed by atoms with van der Waals surface area (Å²) in [6.07, 6.45) is 0.443. The minimum atomic E-state index is 0.182. The normalized spacial score (nSPS) is 19.3. The van der Waals surface area contributed by atoms with Crippen molar-refractivity contribution in [1.29, 1.82) is 0 Å². The van der Waals surface area contributed by atoms with E-state index < -0.39 is 0 Å². The minimum Gasteiger partial charge on any atom is -0.493 e. The Morgan fingerprint density at radius 1 is 1.53 bits per heavy atom. The van der Waals surface area contributed by atoms with E-state index in [0.29, 0.717) is 13.0 Å². The molecule has 1 amide bonds. The van der Waals surface area contributed by atoms with Crippen LogP contribution in [0.15, 0.2) is 24.3 Å². The van der Waals surface area contributed by atoms with Crippen LogP contribution >= 0.6 is 0 Å². The number of hydrogen-bond acceptors (Lipinski definition) is 3. The first kappa shape index (κ1) is 13.9. The number of aryl methyl sites for hydroxylation is 1. The fourth-order valence-corrected chi connectivity index (χ4v) is 2.32. The van der Waals surface area contributed by atoms with Crippen LogP contribution in [0.3, 0.4) is 0 Å².